The molecule has 3 aromatic rings. The predicted octanol–water partition coefficient (Wildman–Crippen LogP) is 6.91. The van der Waals surface area contributed by atoms with E-state index in [4.69, 9.17) is 21.1 Å². The molecule has 3 aromatic carbocycles. The maximum atomic E-state index is 13.2. The molecule has 174 valence electrons. The van der Waals surface area contributed by atoms with E-state index >= 15 is 0 Å². The van der Waals surface area contributed by atoms with Crippen LogP contribution in [-0.4, -0.2) is 17.4 Å². The maximum Gasteiger partial charge on any atom is 0.231 e. The molecule has 0 saturated heterocycles. The highest BCUT2D eigenvalue weighted by atomic mass is 35.5. The average Bonchev–Trinajstić information content (AvgIpc) is 3.11. The predicted molar refractivity (Wildman–Crippen MR) is 135 cm³/mol. The van der Waals surface area contributed by atoms with E-state index in [1.807, 2.05) is 55.5 Å². The Labute approximate surface area is 205 Å². The van der Waals surface area contributed by atoms with Crippen molar-refractivity contribution in [2.45, 2.75) is 46.2 Å². The largest absolute Gasteiger partial charge is 0.477 e. The lowest BCUT2D eigenvalue weighted by atomic mass is 9.86. The minimum atomic E-state index is -0.0935. The van der Waals surface area contributed by atoms with Gasteiger partial charge in [-0.05, 0) is 47.2 Å². The summed E-state index contributed by atoms with van der Waals surface area (Å²) in [4.78, 5) is 15.4. The molecule has 5 heteroatoms. The van der Waals surface area contributed by atoms with Crippen LogP contribution >= 0.6 is 11.6 Å². The summed E-state index contributed by atoms with van der Waals surface area (Å²) in [7, 11) is 0. The van der Waals surface area contributed by atoms with E-state index in [2.05, 4.69) is 37.8 Å². The number of ether oxygens (including phenoxy) is 2. The zero-order valence-electron chi connectivity index (χ0n) is 19.9. The van der Waals surface area contributed by atoms with Gasteiger partial charge in [0.25, 0.3) is 0 Å². The fourth-order valence-corrected chi connectivity index (χ4v) is 4.69. The zero-order valence-corrected chi connectivity index (χ0v) is 20.7. The van der Waals surface area contributed by atoms with Crippen molar-refractivity contribution in [3.05, 3.63) is 98.8 Å². The molecule has 0 atom stereocenters. The summed E-state index contributed by atoms with van der Waals surface area (Å²) >= 11 is 6.34. The van der Waals surface area contributed by atoms with Gasteiger partial charge in [-0.15, -0.1) is 0 Å². The number of nitrogens with zero attached hydrogens (tertiary/aromatic N) is 1. The SMILES string of the molecule is Cc1c2c(cc3c1O/C(=C\c1ccc(C(C)(C)C)cc1)C3=O)CN(Cc1ccccc1Cl)CO2. The summed E-state index contributed by atoms with van der Waals surface area (Å²) in [6, 6.07) is 18.0. The third kappa shape index (κ3) is 4.24. The van der Waals surface area contributed by atoms with Crippen molar-refractivity contribution in [1.29, 1.82) is 0 Å². The number of halogens is 1. The van der Waals surface area contributed by atoms with Crippen LogP contribution < -0.4 is 9.47 Å². The van der Waals surface area contributed by atoms with Gasteiger partial charge in [0.15, 0.2) is 5.76 Å². The number of Topliss-reactive ketones (excluding diaryl/α,β-unsaturated/α-hetero) is 1. The van der Waals surface area contributed by atoms with Crippen LogP contribution in [0.3, 0.4) is 0 Å². The molecule has 0 aliphatic carbocycles. The molecule has 0 aromatic heterocycles. The molecule has 2 aliphatic heterocycles. The van der Waals surface area contributed by atoms with E-state index in [1.54, 1.807) is 0 Å². The van der Waals surface area contributed by atoms with Gasteiger partial charge in [0, 0.05) is 29.2 Å². The molecule has 0 spiro atoms. The third-order valence-electron chi connectivity index (χ3n) is 6.43. The lowest BCUT2D eigenvalue weighted by Crippen LogP contribution is -2.32. The Morgan fingerprint density at radius 3 is 2.50 bits per heavy atom. The molecule has 0 radical (unpaired) electrons. The van der Waals surface area contributed by atoms with Gasteiger partial charge < -0.3 is 9.47 Å². The van der Waals surface area contributed by atoms with Crippen molar-refractivity contribution in [2.75, 3.05) is 6.73 Å². The van der Waals surface area contributed by atoms with Crippen molar-refractivity contribution < 1.29 is 14.3 Å². The number of hydrogen-bond acceptors (Lipinski definition) is 4. The fraction of sp³-hybridized carbons (Fsp3) is 0.276. The number of benzene rings is 3. The molecule has 5 rings (SSSR count). The quantitative estimate of drug-likeness (QED) is 0.387. The van der Waals surface area contributed by atoms with Gasteiger partial charge in [0.1, 0.15) is 18.2 Å². The number of rotatable bonds is 3. The molecule has 0 saturated carbocycles. The van der Waals surface area contributed by atoms with E-state index in [0.717, 1.165) is 33.0 Å². The monoisotopic (exact) mass is 473 g/mol. The number of fused-ring (bicyclic) bond motifs is 2. The molecule has 0 unspecified atom stereocenters. The Morgan fingerprint density at radius 1 is 1.06 bits per heavy atom. The second kappa shape index (κ2) is 8.61. The molecular formula is C29H28ClNO3. The van der Waals surface area contributed by atoms with Crippen LogP contribution in [-0.2, 0) is 18.5 Å². The smallest absolute Gasteiger partial charge is 0.231 e. The first kappa shape index (κ1) is 22.7. The molecule has 0 amide bonds. The highest BCUT2D eigenvalue weighted by Gasteiger charge is 2.33. The highest BCUT2D eigenvalue weighted by Crippen LogP contribution is 2.43. The van der Waals surface area contributed by atoms with Crippen molar-refractivity contribution in [3.8, 4) is 11.5 Å². The first-order valence-corrected chi connectivity index (χ1v) is 11.9. The fourth-order valence-electron chi connectivity index (χ4n) is 4.50. The summed E-state index contributed by atoms with van der Waals surface area (Å²) in [5.74, 6) is 1.65. The first-order valence-electron chi connectivity index (χ1n) is 11.5. The van der Waals surface area contributed by atoms with Gasteiger partial charge in [-0.3, -0.25) is 9.69 Å². The summed E-state index contributed by atoms with van der Waals surface area (Å²) in [5, 5.41) is 0.743. The van der Waals surface area contributed by atoms with Crippen LogP contribution in [0.5, 0.6) is 11.5 Å². The van der Waals surface area contributed by atoms with E-state index in [9.17, 15) is 4.79 Å². The van der Waals surface area contributed by atoms with E-state index in [-0.39, 0.29) is 11.2 Å². The number of ketones is 1. The van der Waals surface area contributed by atoms with E-state index in [0.29, 0.717) is 36.9 Å². The first-order chi connectivity index (χ1) is 16.2. The van der Waals surface area contributed by atoms with Crippen molar-refractivity contribution >= 4 is 23.5 Å². The Hall–Kier alpha value is -3.08. The standard InChI is InChI=1S/C29H28ClNO3/c1-18-27-21(16-31(17-33-27)15-20-7-5-6-8-24(20)30)14-23-26(32)25(34-28(18)23)13-19-9-11-22(12-10-19)29(2,3)4/h5-14H,15-17H2,1-4H3/b25-13-. The molecule has 2 aliphatic rings. The maximum absolute atomic E-state index is 13.2. The number of allylic oxidation sites excluding steroid dienone is 1. The van der Waals surface area contributed by atoms with Crippen molar-refractivity contribution in [1.82, 2.24) is 4.90 Å². The number of hydrogen-bond donors (Lipinski definition) is 0. The Morgan fingerprint density at radius 2 is 1.79 bits per heavy atom. The average molecular weight is 474 g/mol. The second-order valence-electron chi connectivity index (χ2n) is 10.0. The highest BCUT2D eigenvalue weighted by molar-refractivity contribution is 6.31. The Bertz CT molecular complexity index is 1300. The van der Waals surface area contributed by atoms with Gasteiger partial charge >= 0.3 is 0 Å². The van der Waals surface area contributed by atoms with Gasteiger partial charge in [0.05, 0.1) is 5.56 Å². The molecule has 0 N–H and O–H groups in total. The summed E-state index contributed by atoms with van der Waals surface area (Å²) in [6.07, 6.45) is 1.82. The van der Waals surface area contributed by atoms with Gasteiger partial charge in [0.2, 0.25) is 5.78 Å². The number of carbonyl (C=O) groups excluding carboxylic acids is 1. The van der Waals surface area contributed by atoms with Crippen LogP contribution in [0.2, 0.25) is 5.02 Å². The van der Waals surface area contributed by atoms with Crippen molar-refractivity contribution in [3.63, 3.8) is 0 Å². The van der Waals surface area contributed by atoms with Gasteiger partial charge in [-0.2, -0.15) is 0 Å². The molecule has 34 heavy (non-hydrogen) atoms. The normalized spacial score (nSPS) is 16.7. The Kier molecular flexibility index (Phi) is 5.75. The van der Waals surface area contributed by atoms with Crippen LogP contribution in [0.15, 0.2) is 60.4 Å². The summed E-state index contributed by atoms with van der Waals surface area (Å²) in [6.45, 7) is 10.3. The molecule has 4 nitrogen and oxygen atoms in total. The zero-order chi connectivity index (χ0) is 24.0. The topological polar surface area (TPSA) is 38.8 Å². The number of carbonyl (C=O) groups is 1. The van der Waals surface area contributed by atoms with E-state index in [1.165, 1.54) is 5.56 Å². The third-order valence-corrected chi connectivity index (χ3v) is 6.80. The molecular weight excluding hydrogens is 446 g/mol. The van der Waals surface area contributed by atoms with Gasteiger partial charge in [-0.25, -0.2) is 0 Å². The van der Waals surface area contributed by atoms with Crippen LogP contribution in [0.25, 0.3) is 6.08 Å². The lowest BCUT2D eigenvalue weighted by molar-refractivity contribution is 0.0877. The molecule has 0 bridgehead atoms. The van der Waals surface area contributed by atoms with Crippen molar-refractivity contribution in [2.24, 2.45) is 0 Å². The minimum Gasteiger partial charge on any atom is -0.477 e. The van der Waals surface area contributed by atoms with Crippen LogP contribution in [0, 0.1) is 6.92 Å². The second-order valence-corrected chi connectivity index (χ2v) is 10.4. The lowest BCUT2D eigenvalue weighted by Gasteiger charge is -2.30. The van der Waals surface area contributed by atoms with Gasteiger partial charge in [-0.1, -0.05) is 74.8 Å². The van der Waals surface area contributed by atoms with E-state index < -0.39 is 0 Å². The summed E-state index contributed by atoms with van der Waals surface area (Å²) in [5.41, 5.74) is 5.77. The molecule has 0 fully saturated rings. The summed E-state index contributed by atoms with van der Waals surface area (Å²) < 4.78 is 12.2. The molecule has 2 heterocycles. The van der Waals surface area contributed by atoms with Crippen LogP contribution in [0.1, 0.15) is 58.9 Å². The van der Waals surface area contributed by atoms with Crippen LogP contribution in [0.4, 0.5) is 0 Å². The minimum absolute atomic E-state index is 0.0809. The Balaban J connectivity index is 1.40.